The van der Waals surface area contributed by atoms with Gasteiger partial charge in [-0.1, -0.05) is 42.3 Å². The molecule has 3 heterocycles. The van der Waals surface area contributed by atoms with Crippen LogP contribution in [0.5, 0.6) is 0 Å². The molecule has 194 valence electrons. The van der Waals surface area contributed by atoms with Gasteiger partial charge in [-0.25, -0.2) is 0 Å². The van der Waals surface area contributed by atoms with Gasteiger partial charge in [0.05, 0.1) is 24.3 Å². The van der Waals surface area contributed by atoms with Gasteiger partial charge >= 0.3 is 0 Å². The maximum Gasteiger partial charge on any atom is 0.272 e. The van der Waals surface area contributed by atoms with Gasteiger partial charge in [0.1, 0.15) is 0 Å². The quantitative estimate of drug-likeness (QED) is 0.342. The number of carbonyl (C=O) groups excluding carboxylic acids is 1. The van der Waals surface area contributed by atoms with Crippen LogP contribution in [0.3, 0.4) is 0 Å². The third-order valence-electron chi connectivity index (χ3n) is 6.86. The molecule has 1 amide bonds. The van der Waals surface area contributed by atoms with Gasteiger partial charge in [0.25, 0.3) is 5.91 Å². The lowest BCUT2D eigenvalue weighted by atomic mass is 10.1. The van der Waals surface area contributed by atoms with Gasteiger partial charge in [0.2, 0.25) is 5.95 Å². The van der Waals surface area contributed by atoms with Crippen LogP contribution in [0.15, 0.2) is 53.3 Å². The van der Waals surface area contributed by atoms with E-state index in [1.807, 2.05) is 41.0 Å². The van der Waals surface area contributed by atoms with Crippen LogP contribution in [-0.2, 0) is 13.1 Å². The van der Waals surface area contributed by atoms with Crippen LogP contribution < -0.4 is 26.7 Å². The third kappa shape index (κ3) is 4.78. The summed E-state index contributed by atoms with van der Waals surface area (Å²) in [5.74, 6) is 6.83. The number of para-hydroxylation sites is 1. The maximum absolute atomic E-state index is 13.7. The lowest BCUT2D eigenvalue weighted by Gasteiger charge is -2.31. The SMILES string of the molecule is CC#CCn1c(N2CCCC(N)C2)nc(NC)c1C(=O)NCc1nc2ccccc2c(=O)c2ccccc12. The molecule has 2 aromatic carbocycles. The van der Waals surface area contributed by atoms with Crippen molar-refractivity contribution in [3.63, 3.8) is 0 Å². The fraction of sp³-hybridized carbons (Fsp3) is 0.310. The van der Waals surface area contributed by atoms with Crippen molar-refractivity contribution in [2.75, 3.05) is 30.4 Å². The van der Waals surface area contributed by atoms with Gasteiger partial charge in [-0.05, 0) is 31.9 Å². The van der Waals surface area contributed by atoms with Crippen LogP contribution in [0.25, 0.3) is 21.7 Å². The number of carbonyl (C=O) groups is 1. The van der Waals surface area contributed by atoms with Crippen molar-refractivity contribution in [2.24, 2.45) is 5.73 Å². The zero-order valence-corrected chi connectivity index (χ0v) is 21.6. The molecule has 0 spiro atoms. The van der Waals surface area contributed by atoms with Gasteiger partial charge in [0, 0.05) is 42.3 Å². The standard InChI is InChI=1S/C29H31N7O2/c1-3-4-16-36-25(27(31-2)34-29(36)35-15-9-10-19(30)18-35)28(38)32-17-24-20-11-5-6-12-21(20)26(37)22-13-7-8-14-23(22)33-24/h5-8,11-14,19,31H,9-10,15-18,30H2,1-2H3,(H,32,38). The van der Waals surface area contributed by atoms with Crippen molar-refractivity contribution in [2.45, 2.75) is 38.9 Å². The van der Waals surface area contributed by atoms with E-state index in [-0.39, 0.29) is 23.9 Å². The molecule has 2 aromatic heterocycles. The number of nitrogens with one attached hydrogen (secondary N) is 2. The van der Waals surface area contributed by atoms with Crippen molar-refractivity contribution in [1.29, 1.82) is 0 Å². The lowest BCUT2D eigenvalue weighted by Crippen LogP contribution is -2.44. The normalized spacial score (nSPS) is 15.2. The summed E-state index contributed by atoms with van der Waals surface area (Å²) in [4.78, 5) is 38.6. The highest BCUT2D eigenvalue weighted by Gasteiger charge is 2.28. The fourth-order valence-corrected chi connectivity index (χ4v) is 5.02. The van der Waals surface area contributed by atoms with Crippen LogP contribution in [0.4, 0.5) is 11.8 Å². The summed E-state index contributed by atoms with van der Waals surface area (Å²) >= 11 is 0. The summed E-state index contributed by atoms with van der Waals surface area (Å²) in [6.07, 6.45) is 1.93. The van der Waals surface area contributed by atoms with Gasteiger partial charge < -0.3 is 21.3 Å². The minimum absolute atomic E-state index is 0.0559. The van der Waals surface area contributed by atoms with E-state index in [1.165, 1.54) is 0 Å². The Balaban J connectivity index is 1.54. The topological polar surface area (TPSA) is 118 Å². The Morgan fingerprint density at radius 3 is 2.58 bits per heavy atom. The average molecular weight is 510 g/mol. The Morgan fingerprint density at radius 1 is 1.11 bits per heavy atom. The van der Waals surface area contributed by atoms with Gasteiger partial charge in [-0.2, -0.15) is 4.98 Å². The summed E-state index contributed by atoms with van der Waals surface area (Å²) in [6.45, 7) is 3.71. The zero-order valence-electron chi connectivity index (χ0n) is 21.6. The molecule has 4 aromatic rings. The second kappa shape index (κ2) is 10.9. The van der Waals surface area contributed by atoms with E-state index in [0.29, 0.717) is 57.9 Å². The summed E-state index contributed by atoms with van der Waals surface area (Å²) < 4.78 is 1.84. The number of fused-ring (bicyclic) bond motifs is 2. The average Bonchev–Trinajstić information content (AvgIpc) is 3.27. The molecule has 0 radical (unpaired) electrons. The first-order valence-electron chi connectivity index (χ1n) is 12.8. The molecule has 1 aliphatic heterocycles. The minimum atomic E-state index is -0.309. The lowest BCUT2D eigenvalue weighted by molar-refractivity contribution is 0.0943. The van der Waals surface area contributed by atoms with Crippen LogP contribution >= 0.6 is 0 Å². The van der Waals surface area contributed by atoms with Crippen LogP contribution in [0, 0.1) is 11.8 Å². The van der Waals surface area contributed by atoms with Crippen molar-refractivity contribution in [3.8, 4) is 11.8 Å². The Labute approximate surface area is 221 Å². The monoisotopic (exact) mass is 509 g/mol. The number of aromatic nitrogens is 3. The Kier molecular flexibility index (Phi) is 7.24. The number of imidazole rings is 1. The Bertz CT molecular complexity index is 1630. The highest BCUT2D eigenvalue weighted by molar-refractivity contribution is 5.98. The molecule has 38 heavy (non-hydrogen) atoms. The van der Waals surface area contributed by atoms with E-state index in [4.69, 9.17) is 15.7 Å². The largest absolute Gasteiger partial charge is 0.371 e. The highest BCUT2D eigenvalue weighted by atomic mass is 16.2. The van der Waals surface area contributed by atoms with Gasteiger partial charge in [-0.3, -0.25) is 19.1 Å². The molecule has 9 heteroatoms. The Hall–Kier alpha value is -4.42. The van der Waals surface area contributed by atoms with Crippen LogP contribution in [-0.4, -0.2) is 46.6 Å². The molecule has 9 nitrogen and oxygen atoms in total. The molecule has 4 N–H and O–H groups in total. The molecule has 1 atom stereocenters. The number of nitrogens with zero attached hydrogens (tertiary/aromatic N) is 4. The number of amides is 1. The number of piperidine rings is 1. The van der Waals surface area contributed by atoms with E-state index in [1.54, 1.807) is 26.1 Å². The molecule has 0 saturated carbocycles. The smallest absolute Gasteiger partial charge is 0.272 e. The first-order chi connectivity index (χ1) is 18.5. The molecule has 0 bridgehead atoms. The molecule has 5 rings (SSSR count). The number of nitrogens with two attached hydrogens (primary N) is 1. The first-order valence-corrected chi connectivity index (χ1v) is 12.8. The highest BCUT2D eigenvalue weighted by Crippen LogP contribution is 2.26. The zero-order chi connectivity index (χ0) is 26.6. The third-order valence-corrected chi connectivity index (χ3v) is 6.86. The summed E-state index contributed by atoms with van der Waals surface area (Å²) in [5, 5.41) is 7.91. The molecular weight excluding hydrogens is 478 g/mol. The number of anilines is 2. The summed E-state index contributed by atoms with van der Waals surface area (Å²) in [6, 6.07) is 14.7. The summed E-state index contributed by atoms with van der Waals surface area (Å²) in [5.41, 5.74) is 7.74. The molecular formula is C29H31N7O2. The van der Waals surface area contributed by atoms with Crippen molar-refractivity contribution < 1.29 is 4.79 Å². The number of hydrogen-bond acceptors (Lipinski definition) is 7. The van der Waals surface area contributed by atoms with Gasteiger partial charge in [0.15, 0.2) is 16.9 Å². The molecule has 1 aliphatic rings. The molecule has 1 saturated heterocycles. The van der Waals surface area contributed by atoms with Crippen molar-refractivity contribution in [1.82, 2.24) is 19.9 Å². The Morgan fingerprint density at radius 2 is 1.84 bits per heavy atom. The number of benzene rings is 2. The number of rotatable bonds is 6. The van der Waals surface area contributed by atoms with Crippen molar-refractivity contribution >= 4 is 39.3 Å². The van der Waals surface area contributed by atoms with Gasteiger partial charge in [-0.15, -0.1) is 5.92 Å². The molecule has 0 aliphatic carbocycles. The second-order valence-corrected chi connectivity index (χ2v) is 9.35. The predicted octanol–water partition coefficient (Wildman–Crippen LogP) is 2.87. The summed E-state index contributed by atoms with van der Waals surface area (Å²) in [7, 11) is 1.74. The first kappa shape index (κ1) is 25.2. The predicted molar refractivity (Wildman–Crippen MR) is 151 cm³/mol. The minimum Gasteiger partial charge on any atom is -0.371 e. The van der Waals surface area contributed by atoms with Crippen molar-refractivity contribution in [3.05, 3.63) is 70.1 Å². The maximum atomic E-state index is 13.7. The number of hydrogen-bond donors (Lipinski definition) is 3. The van der Waals surface area contributed by atoms with E-state index in [9.17, 15) is 9.59 Å². The fourth-order valence-electron chi connectivity index (χ4n) is 5.02. The van der Waals surface area contributed by atoms with Crippen LogP contribution in [0.2, 0.25) is 0 Å². The van der Waals surface area contributed by atoms with E-state index in [2.05, 4.69) is 27.4 Å². The molecule has 1 fully saturated rings. The van der Waals surface area contributed by atoms with E-state index < -0.39 is 0 Å². The van der Waals surface area contributed by atoms with E-state index >= 15 is 0 Å². The van der Waals surface area contributed by atoms with E-state index in [0.717, 1.165) is 19.4 Å². The second-order valence-electron chi connectivity index (χ2n) is 9.35. The van der Waals surface area contributed by atoms with Crippen LogP contribution in [0.1, 0.15) is 35.9 Å². The molecule has 1 unspecified atom stereocenters.